The summed E-state index contributed by atoms with van der Waals surface area (Å²) in [6, 6.07) is 7.54. The lowest BCUT2D eigenvalue weighted by molar-refractivity contribution is 0.481. The molecule has 0 saturated heterocycles. The first-order valence-electron chi connectivity index (χ1n) is 5.21. The van der Waals surface area contributed by atoms with Gasteiger partial charge in [0.25, 0.3) is 0 Å². The molecule has 2 rings (SSSR count). The Balaban J connectivity index is 2.60. The van der Waals surface area contributed by atoms with E-state index in [0.717, 1.165) is 22.2 Å². The lowest BCUT2D eigenvalue weighted by Crippen LogP contribution is -2.00. The number of hydrogen-bond donors (Lipinski definition) is 1. The number of phenols is 1. The van der Waals surface area contributed by atoms with Gasteiger partial charge in [-0.3, -0.25) is 0 Å². The van der Waals surface area contributed by atoms with E-state index in [2.05, 4.69) is 17.7 Å². The van der Waals surface area contributed by atoms with Crippen LogP contribution in [0.2, 0.25) is 0 Å². The number of aryl methyl sites for hydroxylation is 1. The summed E-state index contributed by atoms with van der Waals surface area (Å²) in [6.07, 6.45) is 1.76. The molecule has 0 atom stereocenters. The molecule has 0 aliphatic carbocycles. The molecule has 1 aromatic heterocycles. The van der Waals surface area contributed by atoms with E-state index in [1.165, 1.54) is 0 Å². The average Bonchev–Trinajstić information content (AvgIpc) is 2.58. The molecule has 82 valence electrons. The number of phenolic OH excluding ortho intramolecular Hbond substituents is 1. The molecule has 1 aromatic carbocycles. The van der Waals surface area contributed by atoms with Crippen LogP contribution >= 0.6 is 0 Å². The number of fused-ring (bicyclic) bond motifs is 1. The van der Waals surface area contributed by atoms with Gasteiger partial charge in [-0.15, -0.1) is 0 Å². The normalized spacial score (nSPS) is 10.6. The molecule has 1 N–H and O–H groups in total. The van der Waals surface area contributed by atoms with Crippen LogP contribution in [0.15, 0.2) is 49.1 Å². The van der Waals surface area contributed by atoms with E-state index in [-0.39, 0.29) is 0 Å². The minimum absolute atomic E-state index is 0.323. The van der Waals surface area contributed by atoms with Gasteiger partial charge in [-0.05, 0) is 30.7 Å². The summed E-state index contributed by atoms with van der Waals surface area (Å²) in [4.78, 5) is 0. The van der Waals surface area contributed by atoms with Crippen LogP contribution < -0.4 is 0 Å². The van der Waals surface area contributed by atoms with Crippen LogP contribution in [0, 0.1) is 6.92 Å². The lowest BCUT2D eigenvalue weighted by atomic mass is 10.2. The topological polar surface area (TPSA) is 25.2 Å². The highest BCUT2D eigenvalue weighted by molar-refractivity contribution is 5.87. The summed E-state index contributed by atoms with van der Waals surface area (Å²) in [5.41, 5.74) is 3.10. The quantitative estimate of drug-likeness (QED) is 0.777. The second kappa shape index (κ2) is 3.89. The standard InChI is InChI=1S/C14H15NO/c1-4-10(2)9-15-11(3)8-12-13(15)6-5-7-14(12)16/h4-8,16H,1-2,9H2,3H3. The van der Waals surface area contributed by atoms with Gasteiger partial charge in [0.2, 0.25) is 0 Å². The number of aromatic nitrogens is 1. The Kier molecular flexibility index (Phi) is 2.57. The van der Waals surface area contributed by atoms with Gasteiger partial charge >= 0.3 is 0 Å². The van der Waals surface area contributed by atoms with Gasteiger partial charge in [-0.25, -0.2) is 0 Å². The van der Waals surface area contributed by atoms with Crippen molar-refractivity contribution in [2.75, 3.05) is 0 Å². The van der Waals surface area contributed by atoms with E-state index in [1.807, 2.05) is 25.1 Å². The molecule has 0 aliphatic heterocycles. The third kappa shape index (κ3) is 1.63. The van der Waals surface area contributed by atoms with Crippen LogP contribution in [0.4, 0.5) is 0 Å². The molecule has 0 aliphatic rings. The Morgan fingerprint density at radius 3 is 2.94 bits per heavy atom. The van der Waals surface area contributed by atoms with E-state index in [9.17, 15) is 5.11 Å². The van der Waals surface area contributed by atoms with Crippen molar-refractivity contribution < 1.29 is 5.11 Å². The monoisotopic (exact) mass is 213 g/mol. The van der Waals surface area contributed by atoms with E-state index >= 15 is 0 Å². The number of rotatable bonds is 3. The second-order valence-electron chi connectivity index (χ2n) is 3.94. The SMILES string of the molecule is C=CC(=C)Cn1c(C)cc2c(O)cccc21. The van der Waals surface area contributed by atoms with Gasteiger partial charge < -0.3 is 9.67 Å². The smallest absolute Gasteiger partial charge is 0.124 e. The van der Waals surface area contributed by atoms with Gasteiger partial charge in [0.05, 0.1) is 5.52 Å². The summed E-state index contributed by atoms with van der Waals surface area (Å²) in [5.74, 6) is 0.323. The molecule has 1 heterocycles. The maximum atomic E-state index is 9.74. The predicted molar refractivity (Wildman–Crippen MR) is 67.7 cm³/mol. The summed E-state index contributed by atoms with van der Waals surface area (Å²) in [5, 5.41) is 10.6. The molecule has 2 aromatic rings. The first kappa shape index (κ1) is 10.6. The van der Waals surface area contributed by atoms with Gasteiger partial charge in [0.15, 0.2) is 0 Å². The number of aromatic hydroxyl groups is 1. The van der Waals surface area contributed by atoms with E-state index in [0.29, 0.717) is 12.3 Å². The molecule has 2 heteroatoms. The van der Waals surface area contributed by atoms with Crippen molar-refractivity contribution in [2.24, 2.45) is 0 Å². The molecule has 0 amide bonds. The van der Waals surface area contributed by atoms with Crippen molar-refractivity contribution in [1.82, 2.24) is 4.57 Å². The van der Waals surface area contributed by atoms with Crippen LogP contribution in [0.1, 0.15) is 5.69 Å². The maximum Gasteiger partial charge on any atom is 0.124 e. The zero-order chi connectivity index (χ0) is 11.7. The highest BCUT2D eigenvalue weighted by atomic mass is 16.3. The molecule has 0 radical (unpaired) electrons. The summed E-state index contributed by atoms with van der Waals surface area (Å²) in [6.45, 7) is 10.4. The molecule has 0 bridgehead atoms. The molecular weight excluding hydrogens is 198 g/mol. The molecule has 2 nitrogen and oxygen atoms in total. The van der Waals surface area contributed by atoms with Crippen molar-refractivity contribution >= 4 is 10.9 Å². The van der Waals surface area contributed by atoms with Crippen LogP contribution in [-0.2, 0) is 6.54 Å². The number of hydrogen-bond acceptors (Lipinski definition) is 1. The maximum absolute atomic E-state index is 9.74. The van der Waals surface area contributed by atoms with Crippen molar-refractivity contribution in [1.29, 1.82) is 0 Å². The van der Waals surface area contributed by atoms with Gasteiger partial charge in [0.1, 0.15) is 5.75 Å². The van der Waals surface area contributed by atoms with Crippen LogP contribution in [-0.4, -0.2) is 9.67 Å². The Hall–Kier alpha value is -1.96. The fourth-order valence-corrected chi connectivity index (χ4v) is 1.88. The summed E-state index contributed by atoms with van der Waals surface area (Å²) < 4.78 is 2.12. The molecule has 0 fully saturated rings. The molecule has 0 spiro atoms. The molecular formula is C14H15NO. The fourth-order valence-electron chi connectivity index (χ4n) is 1.88. The fraction of sp³-hybridized carbons (Fsp3) is 0.143. The molecule has 0 unspecified atom stereocenters. The van der Waals surface area contributed by atoms with E-state index in [4.69, 9.17) is 0 Å². The van der Waals surface area contributed by atoms with Gasteiger partial charge in [-0.1, -0.05) is 25.3 Å². The third-order valence-electron chi connectivity index (χ3n) is 2.78. The van der Waals surface area contributed by atoms with Crippen molar-refractivity contribution in [3.63, 3.8) is 0 Å². The lowest BCUT2D eigenvalue weighted by Gasteiger charge is -2.08. The number of benzene rings is 1. The zero-order valence-electron chi connectivity index (χ0n) is 9.40. The molecule has 16 heavy (non-hydrogen) atoms. The third-order valence-corrected chi connectivity index (χ3v) is 2.78. The van der Waals surface area contributed by atoms with E-state index in [1.54, 1.807) is 12.1 Å². The van der Waals surface area contributed by atoms with E-state index < -0.39 is 0 Å². The number of nitrogens with zero attached hydrogens (tertiary/aromatic N) is 1. The highest BCUT2D eigenvalue weighted by Gasteiger charge is 2.08. The first-order chi connectivity index (χ1) is 7.63. The Bertz CT molecular complexity index is 563. The Labute approximate surface area is 95.1 Å². The summed E-state index contributed by atoms with van der Waals surface area (Å²) in [7, 11) is 0. The minimum atomic E-state index is 0.323. The predicted octanol–water partition coefficient (Wildman–Crippen LogP) is 3.40. The first-order valence-corrected chi connectivity index (χ1v) is 5.21. The average molecular weight is 213 g/mol. The Morgan fingerprint density at radius 2 is 2.25 bits per heavy atom. The number of allylic oxidation sites excluding steroid dienone is 2. The van der Waals surface area contributed by atoms with Crippen molar-refractivity contribution in [3.8, 4) is 5.75 Å². The zero-order valence-corrected chi connectivity index (χ0v) is 9.40. The van der Waals surface area contributed by atoms with Crippen molar-refractivity contribution in [3.05, 3.63) is 54.8 Å². The molecule has 0 saturated carbocycles. The Morgan fingerprint density at radius 1 is 1.50 bits per heavy atom. The van der Waals surface area contributed by atoms with Crippen molar-refractivity contribution in [2.45, 2.75) is 13.5 Å². The van der Waals surface area contributed by atoms with Crippen LogP contribution in [0.3, 0.4) is 0 Å². The van der Waals surface area contributed by atoms with Gasteiger partial charge in [0, 0.05) is 17.6 Å². The van der Waals surface area contributed by atoms with Crippen LogP contribution in [0.5, 0.6) is 5.75 Å². The largest absolute Gasteiger partial charge is 0.507 e. The minimum Gasteiger partial charge on any atom is -0.507 e. The highest BCUT2D eigenvalue weighted by Crippen LogP contribution is 2.28. The van der Waals surface area contributed by atoms with Crippen LogP contribution in [0.25, 0.3) is 10.9 Å². The second-order valence-corrected chi connectivity index (χ2v) is 3.94. The van der Waals surface area contributed by atoms with Gasteiger partial charge in [-0.2, -0.15) is 0 Å². The summed E-state index contributed by atoms with van der Waals surface area (Å²) >= 11 is 0.